The fourth-order valence-electron chi connectivity index (χ4n) is 2.58. The number of benzene rings is 2. The summed E-state index contributed by atoms with van der Waals surface area (Å²) in [4.78, 5) is 4.29. The molecule has 0 fully saturated rings. The van der Waals surface area contributed by atoms with E-state index in [1.165, 1.54) is 0 Å². The number of ether oxygens (including phenoxy) is 1. The van der Waals surface area contributed by atoms with Crippen molar-refractivity contribution in [2.45, 2.75) is 6.61 Å². The molecule has 7 heteroatoms. The van der Waals surface area contributed by atoms with E-state index in [1.807, 2.05) is 72.8 Å². The molecular weight excluding hydrogens is 370 g/mol. The Morgan fingerprint density at radius 3 is 2.54 bits per heavy atom. The summed E-state index contributed by atoms with van der Waals surface area (Å²) < 4.78 is 7.76. The summed E-state index contributed by atoms with van der Waals surface area (Å²) >= 11 is 5.27. The van der Waals surface area contributed by atoms with Gasteiger partial charge in [-0.3, -0.25) is 4.98 Å². The first kappa shape index (κ1) is 17.8. The molecule has 0 aliphatic carbocycles. The molecule has 28 heavy (non-hydrogen) atoms. The highest BCUT2D eigenvalue weighted by atomic mass is 32.1. The predicted molar refractivity (Wildman–Crippen MR) is 111 cm³/mol. The van der Waals surface area contributed by atoms with Crippen molar-refractivity contribution in [3.05, 3.63) is 94.9 Å². The lowest BCUT2D eigenvalue weighted by atomic mass is 10.2. The molecule has 0 unspecified atom stereocenters. The van der Waals surface area contributed by atoms with Crippen molar-refractivity contribution in [1.29, 1.82) is 0 Å². The van der Waals surface area contributed by atoms with Crippen LogP contribution in [0.4, 0.5) is 0 Å². The van der Waals surface area contributed by atoms with Gasteiger partial charge in [0, 0.05) is 6.20 Å². The van der Waals surface area contributed by atoms with Crippen LogP contribution in [0.1, 0.15) is 11.1 Å². The van der Waals surface area contributed by atoms with E-state index in [9.17, 15) is 0 Å². The van der Waals surface area contributed by atoms with Crippen LogP contribution in [0.5, 0.6) is 5.75 Å². The van der Waals surface area contributed by atoms with Crippen LogP contribution < -0.4 is 4.74 Å². The number of hydrogen-bond donors (Lipinski definition) is 1. The van der Waals surface area contributed by atoms with E-state index in [0.717, 1.165) is 16.9 Å². The molecule has 4 aromatic rings. The number of rotatable bonds is 6. The zero-order valence-electron chi connectivity index (χ0n) is 14.9. The standard InChI is InChI=1S/C21H17N5OS/c28-21-25-24-20(19-8-4-5-13-22-19)26(21)23-14-16-9-11-18(12-10-16)27-15-17-6-2-1-3-7-17/h1-14H,15H2,(H,25,28)/b23-14+. The van der Waals surface area contributed by atoms with E-state index < -0.39 is 0 Å². The van der Waals surface area contributed by atoms with E-state index >= 15 is 0 Å². The van der Waals surface area contributed by atoms with Crippen LogP contribution in [0.2, 0.25) is 0 Å². The van der Waals surface area contributed by atoms with Gasteiger partial charge in [0.2, 0.25) is 10.6 Å². The summed E-state index contributed by atoms with van der Waals surface area (Å²) in [5.74, 6) is 1.36. The first-order chi connectivity index (χ1) is 13.8. The SMILES string of the molecule is S=c1[nH]nc(-c2ccccn2)n1/N=C/c1ccc(OCc2ccccc2)cc1. The third-order valence-electron chi connectivity index (χ3n) is 4.00. The Morgan fingerprint density at radius 1 is 1.00 bits per heavy atom. The fourth-order valence-corrected chi connectivity index (χ4v) is 2.75. The Bertz CT molecular complexity index is 1120. The Hall–Kier alpha value is -3.58. The molecule has 138 valence electrons. The second-order valence-corrected chi connectivity index (χ2v) is 6.35. The monoisotopic (exact) mass is 387 g/mol. The van der Waals surface area contributed by atoms with Gasteiger partial charge in [-0.2, -0.15) is 14.9 Å². The van der Waals surface area contributed by atoms with Gasteiger partial charge in [0.15, 0.2) is 0 Å². The van der Waals surface area contributed by atoms with Gasteiger partial charge < -0.3 is 4.74 Å². The van der Waals surface area contributed by atoms with Crippen LogP contribution in [-0.2, 0) is 6.61 Å². The van der Waals surface area contributed by atoms with Crippen molar-refractivity contribution in [1.82, 2.24) is 19.9 Å². The number of aromatic amines is 1. The topological polar surface area (TPSA) is 68.1 Å². The van der Waals surface area contributed by atoms with E-state index in [2.05, 4.69) is 20.3 Å². The van der Waals surface area contributed by atoms with Crippen LogP contribution in [0.15, 0.2) is 84.1 Å². The fraction of sp³-hybridized carbons (Fsp3) is 0.0476. The number of nitrogens with one attached hydrogen (secondary N) is 1. The van der Waals surface area contributed by atoms with E-state index in [-0.39, 0.29) is 0 Å². The first-order valence-corrected chi connectivity index (χ1v) is 9.10. The molecule has 6 nitrogen and oxygen atoms in total. The molecule has 0 saturated carbocycles. The number of H-pyrrole nitrogens is 1. The van der Waals surface area contributed by atoms with Gasteiger partial charge in [-0.05, 0) is 59.7 Å². The lowest BCUT2D eigenvalue weighted by Crippen LogP contribution is -1.97. The molecule has 2 heterocycles. The van der Waals surface area contributed by atoms with Crippen LogP contribution in [0, 0.1) is 4.77 Å². The van der Waals surface area contributed by atoms with Gasteiger partial charge in [-0.1, -0.05) is 36.4 Å². The van der Waals surface area contributed by atoms with Crippen molar-refractivity contribution < 1.29 is 4.74 Å². The molecule has 0 radical (unpaired) electrons. The molecule has 0 spiro atoms. The number of nitrogens with zero attached hydrogens (tertiary/aromatic N) is 4. The highest BCUT2D eigenvalue weighted by Gasteiger charge is 2.08. The van der Waals surface area contributed by atoms with Crippen molar-refractivity contribution in [2.75, 3.05) is 0 Å². The van der Waals surface area contributed by atoms with E-state index in [0.29, 0.717) is 22.9 Å². The number of pyridine rings is 1. The third kappa shape index (κ3) is 4.21. The zero-order valence-corrected chi connectivity index (χ0v) is 15.7. The highest BCUT2D eigenvalue weighted by molar-refractivity contribution is 7.71. The molecule has 2 aromatic heterocycles. The summed E-state index contributed by atoms with van der Waals surface area (Å²) in [5, 5.41) is 11.4. The highest BCUT2D eigenvalue weighted by Crippen LogP contribution is 2.15. The van der Waals surface area contributed by atoms with Gasteiger partial charge >= 0.3 is 0 Å². The lowest BCUT2D eigenvalue weighted by molar-refractivity contribution is 0.306. The van der Waals surface area contributed by atoms with Crippen molar-refractivity contribution in [3.63, 3.8) is 0 Å². The van der Waals surface area contributed by atoms with Crippen molar-refractivity contribution in [3.8, 4) is 17.3 Å². The average molecular weight is 387 g/mol. The van der Waals surface area contributed by atoms with Crippen LogP contribution in [0.25, 0.3) is 11.5 Å². The van der Waals surface area contributed by atoms with Crippen LogP contribution in [-0.4, -0.2) is 26.1 Å². The quantitative estimate of drug-likeness (QED) is 0.392. The minimum atomic E-state index is 0.403. The summed E-state index contributed by atoms with van der Waals surface area (Å²) in [6.45, 7) is 0.534. The average Bonchev–Trinajstić information content (AvgIpc) is 3.13. The number of aromatic nitrogens is 4. The summed E-state index contributed by atoms with van der Waals surface area (Å²) in [6, 6.07) is 23.4. The second-order valence-electron chi connectivity index (χ2n) is 5.97. The molecule has 1 N–H and O–H groups in total. The maximum Gasteiger partial charge on any atom is 0.216 e. The van der Waals surface area contributed by atoms with Crippen LogP contribution >= 0.6 is 12.2 Å². The maximum absolute atomic E-state index is 5.80. The Kier molecular flexibility index (Phi) is 5.35. The van der Waals surface area contributed by atoms with Gasteiger partial charge in [0.05, 0.1) is 6.21 Å². The maximum atomic E-state index is 5.80. The van der Waals surface area contributed by atoms with Gasteiger partial charge in [-0.15, -0.1) is 0 Å². The molecule has 0 bridgehead atoms. The first-order valence-electron chi connectivity index (χ1n) is 8.69. The summed E-state index contributed by atoms with van der Waals surface area (Å²) in [5.41, 5.74) is 2.74. The minimum Gasteiger partial charge on any atom is -0.489 e. The van der Waals surface area contributed by atoms with Crippen LogP contribution in [0.3, 0.4) is 0 Å². The summed E-state index contributed by atoms with van der Waals surface area (Å²) in [6.07, 6.45) is 3.42. The molecule has 4 rings (SSSR count). The molecule has 0 aliphatic rings. The molecule has 0 aliphatic heterocycles. The zero-order chi connectivity index (χ0) is 19.2. The minimum absolute atomic E-state index is 0.403. The Balaban J connectivity index is 1.47. The molecule has 2 aromatic carbocycles. The van der Waals surface area contributed by atoms with Crippen molar-refractivity contribution in [2.24, 2.45) is 5.10 Å². The third-order valence-corrected chi connectivity index (χ3v) is 4.26. The molecular formula is C21H17N5OS. The Morgan fingerprint density at radius 2 is 1.79 bits per heavy atom. The molecule has 0 amide bonds. The molecule has 0 atom stereocenters. The summed E-state index contributed by atoms with van der Waals surface area (Å²) in [7, 11) is 0. The molecule has 0 saturated heterocycles. The smallest absolute Gasteiger partial charge is 0.216 e. The van der Waals surface area contributed by atoms with E-state index in [1.54, 1.807) is 17.1 Å². The van der Waals surface area contributed by atoms with Gasteiger partial charge in [-0.25, -0.2) is 5.10 Å². The van der Waals surface area contributed by atoms with Gasteiger partial charge in [0.1, 0.15) is 18.1 Å². The largest absolute Gasteiger partial charge is 0.489 e. The predicted octanol–water partition coefficient (Wildman–Crippen LogP) is 4.46. The Labute approximate surface area is 167 Å². The van der Waals surface area contributed by atoms with E-state index in [4.69, 9.17) is 17.0 Å². The van der Waals surface area contributed by atoms with Crippen molar-refractivity contribution >= 4 is 18.4 Å². The van der Waals surface area contributed by atoms with Gasteiger partial charge in [0.25, 0.3) is 0 Å². The normalized spacial score (nSPS) is 11.0. The second kappa shape index (κ2) is 8.41. The lowest BCUT2D eigenvalue weighted by Gasteiger charge is -2.06. The number of hydrogen-bond acceptors (Lipinski definition) is 5.